The number of rotatable bonds is 9. The van der Waals surface area contributed by atoms with E-state index in [-0.39, 0.29) is 24.0 Å². The molecule has 1 heterocycles. The maximum absolute atomic E-state index is 5.23. The van der Waals surface area contributed by atoms with Crippen LogP contribution in [0.2, 0.25) is 0 Å². The fourth-order valence-corrected chi connectivity index (χ4v) is 1.92. The molecule has 0 aliphatic carbocycles. The van der Waals surface area contributed by atoms with Crippen molar-refractivity contribution in [2.24, 2.45) is 10.9 Å². The summed E-state index contributed by atoms with van der Waals surface area (Å²) in [5.74, 6) is 3.33. The lowest BCUT2D eigenvalue weighted by Crippen LogP contribution is -2.38. The molecule has 0 amide bonds. The largest absolute Gasteiger partial charge is 0.357 e. The normalized spacial score (nSPS) is 11.7. The Hall–Kier alpha value is -0.860. The van der Waals surface area contributed by atoms with Crippen LogP contribution in [-0.4, -0.2) is 35.7 Å². The molecule has 0 aliphatic heterocycles. The van der Waals surface area contributed by atoms with E-state index in [1.165, 1.54) is 6.42 Å². The van der Waals surface area contributed by atoms with Gasteiger partial charge in [0.2, 0.25) is 5.89 Å². The summed E-state index contributed by atoms with van der Waals surface area (Å²) in [7, 11) is 0. The van der Waals surface area contributed by atoms with Gasteiger partial charge in [-0.3, -0.25) is 4.99 Å². The van der Waals surface area contributed by atoms with Crippen molar-refractivity contribution in [3.8, 4) is 0 Å². The van der Waals surface area contributed by atoms with E-state index >= 15 is 0 Å². The zero-order chi connectivity index (χ0) is 16.4. The monoisotopic (exact) mass is 437 g/mol. The Bertz CT molecular complexity index is 445. The highest BCUT2D eigenvalue weighted by atomic mass is 127. The van der Waals surface area contributed by atoms with Gasteiger partial charge < -0.3 is 15.2 Å². The molecule has 23 heavy (non-hydrogen) atoms. The van der Waals surface area contributed by atoms with Gasteiger partial charge >= 0.3 is 0 Å². The zero-order valence-corrected chi connectivity index (χ0v) is 17.4. The minimum atomic E-state index is 0. The molecule has 6 nitrogen and oxygen atoms in total. The molecule has 2 N–H and O–H groups in total. The highest BCUT2D eigenvalue weighted by molar-refractivity contribution is 14.0. The maximum atomic E-state index is 5.23. The van der Waals surface area contributed by atoms with Crippen molar-refractivity contribution >= 4 is 29.9 Å². The summed E-state index contributed by atoms with van der Waals surface area (Å²) in [5.41, 5.74) is 0. The first-order chi connectivity index (χ1) is 10.5. The van der Waals surface area contributed by atoms with Crippen LogP contribution in [0, 0.1) is 5.92 Å². The maximum Gasteiger partial charge on any atom is 0.228 e. The number of guanidine groups is 1. The summed E-state index contributed by atoms with van der Waals surface area (Å²) in [6.45, 7) is 13.1. The van der Waals surface area contributed by atoms with Crippen LogP contribution in [0.15, 0.2) is 9.52 Å². The van der Waals surface area contributed by atoms with Crippen LogP contribution in [-0.2, 0) is 6.42 Å². The Labute approximate surface area is 157 Å². The summed E-state index contributed by atoms with van der Waals surface area (Å²) in [6, 6.07) is 0. The fourth-order valence-electron chi connectivity index (χ4n) is 1.92. The SMILES string of the molecule is CCNC(=NCCCC(C)C)NCCc1nc(C(C)C)no1.I. The summed E-state index contributed by atoms with van der Waals surface area (Å²) >= 11 is 0. The minimum Gasteiger partial charge on any atom is -0.357 e. The molecular weight excluding hydrogens is 405 g/mol. The number of hydrogen-bond donors (Lipinski definition) is 2. The van der Waals surface area contributed by atoms with Crippen molar-refractivity contribution in [2.45, 2.75) is 59.8 Å². The van der Waals surface area contributed by atoms with E-state index in [1.54, 1.807) is 0 Å². The van der Waals surface area contributed by atoms with E-state index in [0.29, 0.717) is 18.2 Å². The number of halogens is 1. The van der Waals surface area contributed by atoms with Crippen molar-refractivity contribution in [2.75, 3.05) is 19.6 Å². The fraction of sp³-hybridized carbons (Fsp3) is 0.812. The summed E-state index contributed by atoms with van der Waals surface area (Å²) in [5, 5.41) is 10.5. The number of nitrogens with zero attached hydrogens (tertiary/aromatic N) is 3. The molecule has 0 unspecified atom stereocenters. The van der Waals surface area contributed by atoms with Crippen LogP contribution in [0.5, 0.6) is 0 Å². The van der Waals surface area contributed by atoms with E-state index < -0.39 is 0 Å². The molecule has 134 valence electrons. The first-order valence-electron chi connectivity index (χ1n) is 8.37. The zero-order valence-electron chi connectivity index (χ0n) is 15.1. The van der Waals surface area contributed by atoms with Gasteiger partial charge in [-0.2, -0.15) is 4.98 Å². The second kappa shape index (κ2) is 12.5. The van der Waals surface area contributed by atoms with Gasteiger partial charge in [0.25, 0.3) is 0 Å². The third-order valence-corrected chi connectivity index (χ3v) is 3.19. The van der Waals surface area contributed by atoms with Gasteiger partial charge in [0, 0.05) is 32.0 Å². The van der Waals surface area contributed by atoms with E-state index in [0.717, 1.165) is 43.8 Å². The molecule has 0 aliphatic rings. The third-order valence-electron chi connectivity index (χ3n) is 3.19. The Morgan fingerprint density at radius 2 is 1.96 bits per heavy atom. The van der Waals surface area contributed by atoms with Crippen molar-refractivity contribution in [3.63, 3.8) is 0 Å². The van der Waals surface area contributed by atoms with Crippen LogP contribution in [0.3, 0.4) is 0 Å². The molecule has 7 heteroatoms. The molecule has 0 spiro atoms. The molecular formula is C16H32IN5O. The van der Waals surface area contributed by atoms with Crippen molar-refractivity contribution in [3.05, 3.63) is 11.7 Å². The molecule has 0 fully saturated rings. The number of hydrogen-bond acceptors (Lipinski definition) is 4. The van der Waals surface area contributed by atoms with E-state index in [2.05, 4.69) is 60.4 Å². The van der Waals surface area contributed by atoms with Crippen LogP contribution in [0.4, 0.5) is 0 Å². The Kier molecular flexibility index (Phi) is 12.1. The van der Waals surface area contributed by atoms with Crippen molar-refractivity contribution in [1.29, 1.82) is 0 Å². The van der Waals surface area contributed by atoms with E-state index in [1.807, 2.05) is 0 Å². The van der Waals surface area contributed by atoms with E-state index in [9.17, 15) is 0 Å². The highest BCUT2D eigenvalue weighted by Crippen LogP contribution is 2.09. The van der Waals surface area contributed by atoms with Crippen LogP contribution in [0.1, 0.15) is 65.1 Å². The van der Waals surface area contributed by atoms with Gasteiger partial charge in [0.1, 0.15) is 0 Å². The van der Waals surface area contributed by atoms with Gasteiger partial charge in [-0.15, -0.1) is 24.0 Å². The summed E-state index contributed by atoms with van der Waals surface area (Å²) in [6.07, 6.45) is 3.04. The van der Waals surface area contributed by atoms with Gasteiger partial charge in [0.05, 0.1) is 0 Å². The predicted molar refractivity (Wildman–Crippen MR) is 106 cm³/mol. The minimum absolute atomic E-state index is 0. The topological polar surface area (TPSA) is 75.3 Å². The number of aromatic nitrogens is 2. The molecule has 1 rings (SSSR count). The lowest BCUT2D eigenvalue weighted by Gasteiger charge is -2.10. The molecule has 1 aromatic heterocycles. The molecule has 0 radical (unpaired) electrons. The third kappa shape index (κ3) is 9.78. The molecule has 1 aromatic rings. The van der Waals surface area contributed by atoms with Gasteiger partial charge in [-0.05, 0) is 25.7 Å². The predicted octanol–water partition coefficient (Wildman–Crippen LogP) is 3.34. The van der Waals surface area contributed by atoms with Crippen molar-refractivity contribution in [1.82, 2.24) is 20.8 Å². The first kappa shape index (κ1) is 22.1. The average Bonchev–Trinajstić information content (AvgIpc) is 2.92. The van der Waals surface area contributed by atoms with Crippen LogP contribution < -0.4 is 10.6 Å². The van der Waals surface area contributed by atoms with Crippen LogP contribution >= 0.6 is 24.0 Å². The summed E-state index contributed by atoms with van der Waals surface area (Å²) < 4.78 is 5.23. The molecule has 0 saturated heterocycles. The average molecular weight is 437 g/mol. The van der Waals surface area contributed by atoms with Gasteiger partial charge in [0.15, 0.2) is 11.8 Å². The number of nitrogens with one attached hydrogen (secondary N) is 2. The standard InChI is InChI=1S/C16H31N5O.HI/c1-6-17-16(18-10-7-8-12(2)3)19-11-9-14-20-15(13(4)5)21-22-14;/h12-13H,6-11H2,1-5H3,(H2,17,18,19);1H. The second-order valence-electron chi connectivity index (χ2n) is 6.17. The quantitative estimate of drug-likeness (QED) is 0.268. The van der Waals surface area contributed by atoms with Gasteiger partial charge in [-0.1, -0.05) is 32.9 Å². The van der Waals surface area contributed by atoms with Gasteiger partial charge in [-0.25, -0.2) is 0 Å². The molecule has 0 aromatic carbocycles. The second-order valence-corrected chi connectivity index (χ2v) is 6.17. The lowest BCUT2D eigenvalue weighted by molar-refractivity contribution is 0.371. The van der Waals surface area contributed by atoms with Crippen LogP contribution in [0.25, 0.3) is 0 Å². The van der Waals surface area contributed by atoms with Crippen molar-refractivity contribution < 1.29 is 4.52 Å². The lowest BCUT2D eigenvalue weighted by atomic mass is 10.1. The number of aliphatic imine (C=N–C) groups is 1. The highest BCUT2D eigenvalue weighted by Gasteiger charge is 2.09. The first-order valence-corrected chi connectivity index (χ1v) is 8.37. The molecule has 0 bridgehead atoms. The Morgan fingerprint density at radius 3 is 2.52 bits per heavy atom. The molecule has 0 atom stereocenters. The van der Waals surface area contributed by atoms with E-state index in [4.69, 9.17) is 4.52 Å². The Balaban J connectivity index is 0.00000484. The Morgan fingerprint density at radius 1 is 1.22 bits per heavy atom. The molecule has 0 saturated carbocycles. The summed E-state index contributed by atoms with van der Waals surface area (Å²) in [4.78, 5) is 8.95. The smallest absolute Gasteiger partial charge is 0.228 e.